The SMILES string of the molecule is COc1ccccc1-n1nc(-c2sc(N3CCC(N(C)C)C3)nc2-c2ccccc2)cc(C)c1=O. The van der Waals surface area contributed by atoms with Gasteiger partial charge in [-0.05, 0) is 45.6 Å². The molecule has 8 heteroatoms. The van der Waals surface area contributed by atoms with Crippen LogP contribution in [-0.2, 0) is 0 Å². The topological polar surface area (TPSA) is 63.5 Å². The van der Waals surface area contributed by atoms with E-state index in [1.54, 1.807) is 18.4 Å². The third-order valence-corrected chi connectivity index (χ3v) is 7.60. The first-order valence-electron chi connectivity index (χ1n) is 11.7. The first-order chi connectivity index (χ1) is 17.0. The van der Waals surface area contributed by atoms with Crippen molar-refractivity contribution in [3.05, 3.63) is 76.6 Å². The van der Waals surface area contributed by atoms with Gasteiger partial charge in [0, 0.05) is 30.3 Å². The van der Waals surface area contributed by atoms with E-state index in [1.807, 2.05) is 55.5 Å². The van der Waals surface area contributed by atoms with Crippen molar-refractivity contribution in [1.29, 1.82) is 0 Å². The molecule has 0 aliphatic carbocycles. The molecule has 1 unspecified atom stereocenters. The normalized spacial score (nSPS) is 15.7. The predicted molar refractivity (Wildman–Crippen MR) is 142 cm³/mol. The third-order valence-electron chi connectivity index (χ3n) is 6.46. The number of hydrogen-bond acceptors (Lipinski definition) is 7. The molecule has 0 saturated carbocycles. The zero-order chi connectivity index (χ0) is 24.5. The van der Waals surface area contributed by atoms with Crippen LogP contribution in [0.25, 0.3) is 27.5 Å². The molecule has 5 rings (SSSR count). The Labute approximate surface area is 209 Å². The van der Waals surface area contributed by atoms with Crippen LogP contribution in [0.5, 0.6) is 5.75 Å². The molecular formula is C27H29N5O2S. The highest BCUT2D eigenvalue weighted by Crippen LogP contribution is 2.40. The van der Waals surface area contributed by atoms with Gasteiger partial charge in [0.25, 0.3) is 5.56 Å². The Bertz CT molecular complexity index is 1400. The number of hydrogen-bond donors (Lipinski definition) is 0. The fraction of sp³-hybridized carbons (Fsp3) is 0.296. The number of aromatic nitrogens is 3. The molecule has 180 valence electrons. The highest BCUT2D eigenvalue weighted by atomic mass is 32.1. The zero-order valence-corrected chi connectivity index (χ0v) is 21.2. The summed E-state index contributed by atoms with van der Waals surface area (Å²) in [6.07, 6.45) is 1.11. The summed E-state index contributed by atoms with van der Waals surface area (Å²) >= 11 is 1.63. The van der Waals surface area contributed by atoms with Gasteiger partial charge in [-0.3, -0.25) is 4.79 Å². The second kappa shape index (κ2) is 9.64. The Kier molecular flexibility index (Phi) is 6.40. The van der Waals surface area contributed by atoms with E-state index in [4.69, 9.17) is 14.8 Å². The summed E-state index contributed by atoms with van der Waals surface area (Å²) in [4.78, 5) is 23.8. The van der Waals surface area contributed by atoms with E-state index in [1.165, 1.54) is 4.68 Å². The lowest BCUT2D eigenvalue weighted by atomic mass is 10.1. The molecule has 1 atom stereocenters. The maximum Gasteiger partial charge on any atom is 0.274 e. The third kappa shape index (κ3) is 4.47. The van der Waals surface area contributed by atoms with E-state index in [2.05, 4.69) is 36.0 Å². The van der Waals surface area contributed by atoms with Crippen molar-refractivity contribution in [3.8, 4) is 33.3 Å². The zero-order valence-electron chi connectivity index (χ0n) is 20.4. The van der Waals surface area contributed by atoms with E-state index in [0.717, 1.165) is 46.5 Å². The van der Waals surface area contributed by atoms with E-state index in [9.17, 15) is 4.79 Å². The standard InChI is InChI=1S/C27H29N5O2S/c1-18-16-21(29-32(26(18)33)22-12-8-9-13-23(22)34-4)25-24(19-10-6-5-7-11-19)28-27(35-25)31-15-14-20(17-31)30(2)3/h5-13,16,20H,14-15,17H2,1-4H3. The van der Waals surface area contributed by atoms with E-state index < -0.39 is 0 Å². The van der Waals surface area contributed by atoms with Crippen molar-refractivity contribution in [3.63, 3.8) is 0 Å². The molecule has 1 saturated heterocycles. The fourth-order valence-corrected chi connectivity index (χ4v) is 5.52. The lowest BCUT2D eigenvalue weighted by Gasteiger charge is -2.19. The molecule has 2 aromatic heterocycles. The van der Waals surface area contributed by atoms with Gasteiger partial charge in [-0.2, -0.15) is 9.78 Å². The van der Waals surface area contributed by atoms with E-state index in [0.29, 0.717) is 23.0 Å². The highest BCUT2D eigenvalue weighted by Gasteiger charge is 2.28. The minimum Gasteiger partial charge on any atom is -0.494 e. The summed E-state index contributed by atoms with van der Waals surface area (Å²) < 4.78 is 6.95. The number of methoxy groups -OCH3 is 1. The number of ether oxygens (including phenoxy) is 1. The number of likely N-dealkylation sites (N-methyl/N-ethyl adjacent to an activating group) is 1. The van der Waals surface area contributed by atoms with Gasteiger partial charge in [0.2, 0.25) is 0 Å². The smallest absolute Gasteiger partial charge is 0.274 e. The number of aryl methyl sites for hydroxylation is 1. The Hall–Kier alpha value is -3.49. The summed E-state index contributed by atoms with van der Waals surface area (Å²) in [7, 11) is 5.86. The average Bonchev–Trinajstić information content (AvgIpc) is 3.54. The summed E-state index contributed by atoms with van der Waals surface area (Å²) in [5.41, 5.74) is 3.70. The van der Waals surface area contributed by atoms with Gasteiger partial charge in [-0.1, -0.05) is 53.8 Å². The van der Waals surface area contributed by atoms with Crippen LogP contribution < -0.4 is 15.2 Å². The maximum absolute atomic E-state index is 13.1. The quantitative estimate of drug-likeness (QED) is 0.400. The molecule has 1 fully saturated rings. The first-order valence-corrected chi connectivity index (χ1v) is 12.5. The molecule has 0 bridgehead atoms. The molecular weight excluding hydrogens is 458 g/mol. The molecule has 0 spiro atoms. The molecule has 0 amide bonds. The van der Waals surface area contributed by atoms with Crippen molar-refractivity contribution in [2.24, 2.45) is 0 Å². The lowest BCUT2D eigenvalue weighted by Crippen LogP contribution is -2.31. The van der Waals surface area contributed by atoms with Gasteiger partial charge in [0.05, 0.1) is 17.7 Å². The number of anilines is 1. The van der Waals surface area contributed by atoms with Crippen LogP contribution in [0.3, 0.4) is 0 Å². The molecule has 1 aliphatic heterocycles. The van der Waals surface area contributed by atoms with Crippen molar-refractivity contribution < 1.29 is 4.74 Å². The van der Waals surface area contributed by atoms with Crippen LogP contribution in [-0.4, -0.2) is 60.0 Å². The van der Waals surface area contributed by atoms with Crippen LogP contribution >= 0.6 is 11.3 Å². The molecule has 7 nitrogen and oxygen atoms in total. The van der Waals surface area contributed by atoms with Crippen molar-refractivity contribution in [1.82, 2.24) is 19.7 Å². The minimum absolute atomic E-state index is 0.169. The maximum atomic E-state index is 13.1. The van der Waals surface area contributed by atoms with Gasteiger partial charge < -0.3 is 14.5 Å². The van der Waals surface area contributed by atoms with E-state index in [-0.39, 0.29) is 5.56 Å². The molecule has 1 aliphatic rings. The summed E-state index contributed by atoms with van der Waals surface area (Å²) in [6.45, 7) is 3.74. The minimum atomic E-state index is -0.169. The summed E-state index contributed by atoms with van der Waals surface area (Å²) in [5, 5.41) is 5.80. The molecule has 35 heavy (non-hydrogen) atoms. The van der Waals surface area contributed by atoms with Gasteiger partial charge in [0.15, 0.2) is 5.13 Å². The monoisotopic (exact) mass is 487 g/mol. The van der Waals surface area contributed by atoms with Crippen molar-refractivity contribution in [2.45, 2.75) is 19.4 Å². The molecule has 2 aromatic carbocycles. The first kappa shape index (κ1) is 23.3. The van der Waals surface area contributed by atoms with Gasteiger partial charge in [-0.15, -0.1) is 0 Å². The number of rotatable bonds is 6. The Balaban J connectivity index is 1.66. The average molecular weight is 488 g/mol. The van der Waals surface area contributed by atoms with Crippen LogP contribution in [0.2, 0.25) is 0 Å². The van der Waals surface area contributed by atoms with Crippen molar-refractivity contribution in [2.75, 3.05) is 39.2 Å². The van der Waals surface area contributed by atoms with Gasteiger partial charge in [0.1, 0.15) is 17.1 Å². The second-order valence-electron chi connectivity index (χ2n) is 8.99. The lowest BCUT2D eigenvalue weighted by molar-refractivity contribution is 0.315. The summed E-state index contributed by atoms with van der Waals surface area (Å²) in [5.74, 6) is 0.596. The Morgan fingerprint density at radius 1 is 1.09 bits per heavy atom. The largest absolute Gasteiger partial charge is 0.494 e. The Morgan fingerprint density at radius 3 is 2.54 bits per heavy atom. The van der Waals surface area contributed by atoms with Crippen LogP contribution in [0.15, 0.2) is 65.5 Å². The summed E-state index contributed by atoms with van der Waals surface area (Å²) in [6, 6.07) is 20.0. The van der Waals surface area contributed by atoms with E-state index >= 15 is 0 Å². The second-order valence-corrected chi connectivity index (χ2v) is 9.97. The van der Waals surface area contributed by atoms with Crippen molar-refractivity contribution >= 4 is 16.5 Å². The number of para-hydroxylation sites is 2. The Morgan fingerprint density at radius 2 is 1.83 bits per heavy atom. The number of benzene rings is 2. The van der Waals surface area contributed by atoms with Crippen LogP contribution in [0.1, 0.15) is 12.0 Å². The van der Waals surface area contributed by atoms with Gasteiger partial charge >= 0.3 is 0 Å². The molecule has 0 N–H and O–H groups in total. The number of thiazole rings is 1. The molecule has 4 aromatic rings. The number of nitrogens with zero attached hydrogens (tertiary/aromatic N) is 5. The fourth-order valence-electron chi connectivity index (χ4n) is 4.44. The van der Waals surface area contributed by atoms with Crippen LogP contribution in [0, 0.1) is 6.92 Å². The van der Waals surface area contributed by atoms with Gasteiger partial charge in [-0.25, -0.2) is 4.98 Å². The molecule has 3 heterocycles. The van der Waals surface area contributed by atoms with Crippen LogP contribution in [0.4, 0.5) is 5.13 Å². The molecule has 0 radical (unpaired) electrons. The highest BCUT2D eigenvalue weighted by molar-refractivity contribution is 7.19. The predicted octanol–water partition coefficient (Wildman–Crippen LogP) is 4.48.